The molecule has 17 heavy (non-hydrogen) atoms. The second kappa shape index (κ2) is 5.37. The van der Waals surface area contributed by atoms with Gasteiger partial charge in [-0.15, -0.1) is 0 Å². The molecule has 1 N–H and O–H groups in total. The lowest BCUT2D eigenvalue weighted by molar-refractivity contribution is 0.358. The average molecular weight is 336 g/mol. The number of pyridine rings is 1. The largest absolute Gasteiger partial charge is 0.380 e. The lowest BCUT2D eigenvalue weighted by Gasteiger charge is -2.35. The summed E-state index contributed by atoms with van der Waals surface area (Å²) in [7, 11) is 0. The monoisotopic (exact) mass is 334 g/mol. The van der Waals surface area contributed by atoms with Gasteiger partial charge in [0.2, 0.25) is 0 Å². The van der Waals surface area contributed by atoms with Crippen LogP contribution in [0.5, 0.6) is 0 Å². The molecule has 2 nitrogen and oxygen atoms in total. The first-order valence-corrected chi connectivity index (χ1v) is 7.94. The molecule has 5 heteroatoms. The van der Waals surface area contributed by atoms with E-state index in [1.807, 2.05) is 17.8 Å². The van der Waals surface area contributed by atoms with Crippen LogP contribution in [0.1, 0.15) is 20.3 Å². The maximum absolute atomic E-state index is 5.88. The Labute approximate surface area is 120 Å². The molecule has 2 rings (SSSR count). The molecular formula is C12H16BrClN2S. The summed E-state index contributed by atoms with van der Waals surface area (Å²) < 4.78 is 0.840. The van der Waals surface area contributed by atoms with Crippen molar-refractivity contribution >= 4 is 45.0 Å². The summed E-state index contributed by atoms with van der Waals surface area (Å²) in [5.74, 6) is 2.40. The summed E-state index contributed by atoms with van der Waals surface area (Å²) in [4.78, 5) is 4.13. The Morgan fingerprint density at radius 3 is 3.00 bits per heavy atom. The number of nitrogens with zero attached hydrogens (tertiary/aromatic N) is 1. The number of thioether (sulfide) groups is 1. The molecule has 0 aliphatic carbocycles. The van der Waals surface area contributed by atoms with E-state index in [1.165, 1.54) is 12.2 Å². The van der Waals surface area contributed by atoms with Crippen molar-refractivity contribution in [1.82, 2.24) is 4.98 Å². The van der Waals surface area contributed by atoms with Crippen LogP contribution >= 0.6 is 39.3 Å². The van der Waals surface area contributed by atoms with Gasteiger partial charge in [-0.05, 0) is 39.6 Å². The minimum absolute atomic E-state index is 0.414. The van der Waals surface area contributed by atoms with Crippen molar-refractivity contribution in [3.8, 4) is 0 Å². The van der Waals surface area contributed by atoms with Crippen molar-refractivity contribution in [3.05, 3.63) is 21.9 Å². The second-order valence-electron chi connectivity index (χ2n) is 5.22. The van der Waals surface area contributed by atoms with Gasteiger partial charge in [-0.1, -0.05) is 25.4 Å². The zero-order valence-corrected chi connectivity index (χ0v) is 13.1. The van der Waals surface area contributed by atoms with Gasteiger partial charge in [0.25, 0.3) is 0 Å². The van der Waals surface area contributed by atoms with Crippen LogP contribution in [0.15, 0.2) is 16.7 Å². The van der Waals surface area contributed by atoms with Gasteiger partial charge in [-0.2, -0.15) is 11.8 Å². The van der Waals surface area contributed by atoms with Gasteiger partial charge in [0.1, 0.15) is 5.15 Å². The zero-order chi connectivity index (χ0) is 12.5. The maximum atomic E-state index is 5.88. The molecule has 1 aromatic heterocycles. The third kappa shape index (κ3) is 3.76. The third-order valence-corrected chi connectivity index (χ3v) is 5.54. The summed E-state index contributed by atoms with van der Waals surface area (Å²) in [6, 6.07) is 2.50. The van der Waals surface area contributed by atoms with Gasteiger partial charge in [0.05, 0.1) is 16.4 Å². The van der Waals surface area contributed by atoms with Crippen LogP contribution < -0.4 is 5.32 Å². The quantitative estimate of drug-likeness (QED) is 0.809. The van der Waals surface area contributed by atoms with Gasteiger partial charge in [-0.3, -0.25) is 0 Å². The number of nitrogens with one attached hydrogen (secondary N) is 1. The highest BCUT2D eigenvalue weighted by molar-refractivity contribution is 9.10. The number of rotatable bonds is 2. The number of aromatic nitrogens is 1. The van der Waals surface area contributed by atoms with E-state index in [9.17, 15) is 0 Å². The summed E-state index contributed by atoms with van der Waals surface area (Å²) in [6.45, 7) is 4.65. The fourth-order valence-corrected chi connectivity index (χ4v) is 3.82. The molecular weight excluding hydrogens is 320 g/mol. The van der Waals surface area contributed by atoms with Gasteiger partial charge in [0.15, 0.2) is 0 Å². The van der Waals surface area contributed by atoms with Crippen LogP contribution in [0.25, 0.3) is 0 Å². The minimum Gasteiger partial charge on any atom is -0.380 e. The summed E-state index contributed by atoms with van der Waals surface area (Å²) in [6.07, 6.45) is 2.99. The highest BCUT2D eigenvalue weighted by Crippen LogP contribution is 2.35. The molecule has 1 atom stereocenters. The molecule has 1 aliphatic heterocycles. The first-order chi connectivity index (χ1) is 7.96. The van der Waals surface area contributed by atoms with Crippen LogP contribution in [0.2, 0.25) is 5.15 Å². The van der Waals surface area contributed by atoms with Crippen LogP contribution in [0, 0.1) is 5.41 Å². The zero-order valence-electron chi connectivity index (χ0n) is 9.96. The number of hydrogen-bond acceptors (Lipinski definition) is 3. The van der Waals surface area contributed by atoms with E-state index < -0.39 is 0 Å². The molecule has 0 amide bonds. The van der Waals surface area contributed by atoms with Gasteiger partial charge in [0, 0.05) is 11.8 Å². The van der Waals surface area contributed by atoms with Gasteiger partial charge in [-0.25, -0.2) is 4.98 Å². The van der Waals surface area contributed by atoms with Crippen molar-refractivity contribution in [3.63, 3.8) is 0 Å². The van der Waals surface area contributed by atoms with E-state index in [-0.39, 0.29) is 0 Å². The molecule has 0 aromatic carbocycles. The number of anilines is 1. The fraction of sp³-hybridized carbons (Fsp3) is 0.583. The van der Waals surface area contributed by atoms with E-state index in [1.54, 1.807) is 6.20 Å². The smallest absolute Gasteiger partial charge is 0.143 e. The normalized spacial score (nSPS) is 23.4. The maximum Gasteiger partial charge on any atom is 0.143 e. The highest BCUT2D eigenvalue weighted by Gasteiger charge is 2.28. The highest BCUT2D eigenvalue weighted by atomic mass is 79.9. The Morgan fingerprint density at radius 1 is 1.59 bits per heavy atom. The Morgan fingerprint density at radius 2 is 2.35 bits per heavy atom. The van der Waals surface area contributed by atoms with E-state index >= 15 is 0 Å². The van der Waals surface area contributed by atoms with Crippen LogP contribution in [0.4, 0.5) is 5.69 Å². The number of halogens is 2. The van der Waals surface area contributed by atoms with Crippen molar-refractivity contribution in [2.45, 2.75) is 26.3 Å². The summed E-state index contributed by atoms with van der Waals surface area (Å²) in [5.41, 5.74) is 1.45. The molecule has 94 valence electrons. The molecule has 1 saturated heterocycles. The van der Waals surface area contributed by atoms with Gasteiger partial charge >= 0.3 is 0 Å². The molecule has 1 fully saturated rings. The van der Waals surface area contributed by atoms with Crippen LogP contribution in [-0.4, -0.2) is 22.5 Å². The van der Waals surface area contributed by atoms with Crippen molar-refractivity contribution in [2.75, 3.05) is 16.8 Å². The Kier molecular flexibility index (Phi) is 4.26. The van der Waals surface area contributed by atoms with Crippen LogP contribution in [0.3, 0.4) is 0 Å². The van der Waals surface area contributed by atoms with E-state index in [2.05, 4.69) is 40.1 Å². The molecule has 0 saturated carbocycles. The molecule has 1 aromatic rings. The second-order valence-corrected chi connectivity index (χ2v) is 7.46. The first-order valence-electron chi connectivity index (χ1n) is 5.62. The summed E-state index contributed by atoms with van der Waals surface area (Å²) >= 11 is 11.3. The Balaban J connectivity index is 2.03. The van der Waals surface area contributed by atoms with E-state index in [4.69, 9.17) is 11.6 Å². The topological polar surface area (TPSA) is 24.9 Å². The van der Waals surface area contributed by atoms with Crippen molar-refractivity contribution in [2.24, 2.45) is 5.41 Å². The van der Waals surface area contributed by atoms with Crippen LogP contribution in [-0.2, 0) is 0 Å². The molecule has 1 aliphatic rings. The minimum atomic E-state index is 0.414. The average Bonchev–Trinajstić information content (AvgIpc) is 2.22. The summed E-state index contributed by atoms with van der Waals surface area (Å²) in [5, 5.41) is 4.04. The Bertz CT molecular complexity index is 411. The third-order valence-electron chi connectivity index (χ3n) is 2.78. The predicted octanol–water partition coefficient (Wildman–Crippen LogP) is 4.44. The molecule has 0 bridgehead atoms. The van der Waals surface area contributed by atoms with Crippen molar-refractivity contribution < 1.29 is 0 Å². The molecule has 0 radical (unpaired) electrons. The van der Waals surface area contributed by atoms with E-state index in [0.717, 1.165) is 15.9 Å². The fourth-order valence-electron chi connectivity index (χ4n) is 2.09. The van der Waals surface area contributed by atoms with Gasteiger partial charge < -0.3 is 5.32 Å². The molecule has 2 heterocycles. The number of hydrogen-bond donors (Lipinski definition) is 1. The van der Waals surface area contributed by atoms with Crippen molar-refractivity contribution in [1.29, 1.82) is 0 Å². The Hall–Kier alpha value is 0.0700. The predicted molar refractivity (Wildman–Crippen MR) is 80.1 cm³/mol. The lowest BCUT2D eigenvalue weighted by atomic mass is 9.88. The molecule has 0 spiro atoms. The first kappa shape index (κ1) is 13.5. The van der Waals surface area contributed by atoms with E-state index in [0.29, 0.717) is 16.6 Å². The lowest BCUT2D eigenvalue weighted by Crippen LogP contribution is -2.35. The SMILES string of the molecule is CC1(C)CSCC(Nc2cnc(Cl)c(Br)c2)C1. The standard InChI is InChI=1S/C12H16BrClN2S/c1-12(2)4-9(6-17-7-12)16-8-3-10(13)11(14)15-5-8/h3,5,9,16H,4,6-7H2,1-2H3. The molecule has 1 unspecified atom stereocenters.